The van der Waals surface area contributed by atoms with Gasteiger partial charge < -0.3 is 5.11 Å². The number of halogens is 3. The molecule has 1 heterocycles. The second kappa shape index (κ2) is 6.93. The van der Waals surface area contributed by atoms with E-state index in [2.05, 4.69) is 4.98 Å². The molecule has 0 spiro atoms. The van der Waals surface area contributed by atoms with Crippen LogP contribution in [0.15, 0.2) is 24.3 Å². The van der Waals surface area contributed by atoms with E-state index in [9.17, 15) is 13.5 Å². The highest BCUT2D eigenvalue weighted by atomic mass is 35.5. The van der Waals surface area contributed by atoms with Gasteiger partial charge in [-0.2, -0.15) is 5.26 Å². The van der Waals surface area contributed by atoms with E-state index in [0.29, 0.717) is 15.6 Å². The van der Waals surface area contributed by atoms with E-state index in [1.165, 1.54) is 18.2 Å². The molecule has 0 radical (unpaired) electrons. The van der Waals surface area contributed by atoms with Gasteiger partial charge in [-0.3, -0.25) is 0 Å². The average molecular weight is 392 g/mol. The molecule has 9 heteroatoms. The number of hydrogen-bond acceptors (Lipinski definition) is 5. The first-order valence-corrected chi connectivity index (χ1v) is 9.09. The molecular formula is C14H9Cl3N2O3S. The van der Waals surface area contributed by atoms with Crippen LogP contribution in [-0.4, -0.2) is 18.5 Å². The summed E-state index contributed by atoms with van der Waals surface area (Å²) in [5.41, 5.74) is 0.121. The number of rotatable bonds is 4. The Balaban J connectivity index is 2.30. The molecule has 0 atom stereocenters. The van der Waals surface area contributed by atoms with Crippen LogP contribution in [0, 0.1) is 11.3 Å². The first-order chi connectivity index (χ1) is 10.7. The molecule has 0 aliphatic carbocycles. The van der Waals surface area contributed by atoms with Crippen molar-refractivity contribution in [2.45, 2.75) is 11.5 Å². The number of nitriles is 1. The van der Waals surface area contributed by atoms with Gasteiger partial charge in [-0.1, -0.05) is 34.8 Å². The molecule has 1 N–H and O–H groups in total. The van der Waals surface area contributed by atoms with Gasteiger partial charge in [-0.25, -0.2) is 13.4 Å². The Hall–Kier alpha value is -1.52. The molecule has 0 aliphatic rings. The number of benzene rings is 1. The summed E-state index contributed by atoms with van der Waals surface area (Å²) < 4.78 is 24.6. The number of aromatic hydroxyl groups is 1. The van der Waals surface area contributed by atoms with Gasteiger partial charge in [-0.15, -0.1) is 0 Å². The molecule has 0 fully saturated rings. The monoisotopic (exact) mass is 390 g/mol. The normalized spacial score (nSPS) is 11.2. The van der Waals surface area contributed by atoms with Crippen LogP contribution < -0.4 is 0 Å². The Morgan fingerprint density at radius 1 is 1.09 bits per heavy atom. The molecule has 2 rings (SSSR count). The maximum atomic E-state index is 12.3. The molecule has 0 amide bonds. The number of sulfone groups is 1. The maximum Gasteiger partial charge on any atom is 0.160 e. The zero-order valence-electron chi connectivity index (χ0n) is 11.4. The van der Waals surface area contributed by atoms with Gasteiger partial charge in [0.1, 0.15) is 11.8 Å². The zero-order chi connectivity index (χ0) is 17.2. The predicted molar refractivity (Wildman–Crippen MR) is 88.4 cm³/mol. The molecule has 0 unspecified atom stereocenters. The predicted octanol–water partition coefficient (Wildman–Crippen LogP) is 3.73. The first-order valence-electron chi connectivity index (χ1n) is 6.14. The maximum absolute atomic E-state index is 12.3. The summed E-state index contributed by atoms with van der Waals surface area (Å²) in [4.78, 5) is 3.78. The van der Waals surface area contributed by atoms with E-state index < -0.39 is 15.6 Å². The first kappa shape index (κ1) is 17.8. The van der Waals surface area contributed by atoms with Crippen LogP contribution in [0.4, 0.5) is 0 Å². The summed E-state index contributed by atoms with van der Waals surface area (Å²) in [7, 11) is -3.67. The van der Waals surface area contributed by atoms with E-state index in [1.807, 2.05) is 0 Å². The number of pyridine rings is 1. The Kier molecular flexibility index (Phi) is 5.37. The summed E-state index contributed by atoms with van der Waals surface area (Å²) >= 11 is 17.4. The van der Waals surface area contributed by atoms with Crippen LogP contribution in [0.2, 0.25) is 15.1 Å². The standard InChI is InChI=1S/C14H9Cl3N2O3S/c15-9-1-8(2-10(16)3-9)6-23(21,22)7-13-14(20)4-11(17)12(5-18)19-13/h1-4,20H,6-7H2. The van der Waals surface area contributed by atoms with Crippen LogP contribution >= 0.6 is 34.8 Å². The van der Waals surface area contributed by atoms with Gasteiger partial charge in [0.05, 0.1) is 22.2 Å². The summed E-state index contributed by atoms with van der Waals surface area (Å²) in [5, 5.41) is 19.2. The van der Waals surface area contributed by atoms with Crippen LogP contribution in [0.3, 0.4) is 0 Å². The molecule has 0 saturated carbocycles. The van der Waals surface area contributed by atoms with E-state index in [4.69, 9.17) is 40.1 Å². The highest BCUT2D eigenvalue weighted by molar-refractivity contribution is 7.89. The van der Waals surface area contributed by atoms with Crippen LogP contribution in [-0.2, 0) is 21.3 Å². The minimum absolute atomic E-state index is 0.0484. The summed E-state index contributed by atoms with van der Waals surface area (Å²) in [6.45, 7) is 0. The lowest BCUT2D eigenvalue weighted by molar-refractivity contribution is 0.466. The van der Waals surface area contributed by atoms with Gasteiger partial charge in [0.15, 0.2) is 15.5 Å². The molecule has 0 saturated heterocycles. The lowest BCUT2D eigenvalue weighted by Crippen LogP contribution is -2.10. The van der Waals surface area contributed by atoms with Crippen molar-refractivity contribution < 1.29 is 13.5 Å². The fourth-order valence-electron chi connectivity index (χ4n) is 1.91. The van der Waals surface area contributed by atoms with Crippen LogP contribution in [0.5, 0.6) is 5.75 Å². The van der Waals surface area contributed by atoms with E-state index in [1.54, 1.807) is 6.07 Å². The molecular weight excluding hydrogens is 383 g/mol. The fourth-order valence-corrected chi connectivity index (χ4v) is 4.07. The quantitative estimate of drug-likeness (QED) is 0.857. The second-order valence-corrected chi connectivity index (χ2v) is 8.05. The van der Waals surface area contributed by atoms with Gasteiger partial charge in [0, 0.05) is 16.1 Å². The van der Waals surface area contributed by atoms with E-state index in [-0.39, 0.29) is 27.9 Å². The topological polar surface area (TPSA) is 91.0 Å². The van der Waals surface area contributed by atoms with Gasteiger partial charge in [-0.05, 0) is 23.8 Å². The molecule has 23 heavy (non-hydrogen) atoms. The fraction of sp³-hybridized carbons (Fsp3) is 0.143. The summed E-state index contributed by atoms with van der Waals surface area (Å²) in [6, 6.07) is 7.29. The van der Waals surface area contributed by atoms with Crippen molar-refractivity contribution in [1.29, 1.82) is 5.26 Å². The average Bonchev–Trinajstić information content (AvgIpc) is 2.39. The molecule has 5 nitrogen and oxygen atoms in total. The van der Waals surface area contributed by atoms with Crippen molar-refractivity contribution >= 4 is 44.6 Å². The van der Waals surface area contributed by atoms with Gasteiger partial charge in [0.2, 0.25) is 0 Å². The largest absolute Gasteiger partial charge is 0.506 e. The van der Waals surface area contributed by atoms with Crippen molar-refractivity contribution in [2.75, 3.05) is 0 Å². The molecule has 1 aromatic carbocycles. The van der Waals surface area contributed by atoms with E-state index in [0.717, 1.165) is 6.07 Å². The van der Waals surface area contributed by atoms with Crippen LogP contribution in [0.1, 0.15) is 17.0 Å². The summed E-state index contributed by atoms with van der Waals surface area (Å²) in [6.07, 6.45) is 0. The molecule has 0 bridgehead atoms. The van der Waals surface area contributed by atoms with Crippen molar-refractivity contribution in [3.8, 4) is 11.8 Å². The molecule has 120 valence electrons. The Labute approximate surface area is 148 Å². The minimum Gasteiger partial charge on any atom is -0.506 e. The summed E-state index contributed by atoms with van der Waals surface area (Å²) in [5.74, 6) is -1.27. The Bertz CT molecular complexity index is 888. The zero-order valence-corrected chi connectivity index (χ0v) is 14.5. The minimum atomic E-state index is -3.67. The lowest BCUT2D eigenvalue weighted by atomic mass is 10.2. The third kappa shape index (κ3) is 4.72. The SMILES string of the molecule is N#Cc1nc(CS(=O)(=O)Cc2cc(Cl)cc(Cl)c2)c(O)cc1Cl. The van der Waals surface area contributed by atoms with Gasteiger partial charge in [0.25, 0.3) is 0 Å². The third-order valence-electron chi connectivity index (χ3n) is 2.80. The number of nitrogens with zero attached hydrogens (tertiary/aromatic N) is 2. The smallest absolute Gasteiger partial charge is 0.160 e. The number of aromatic nitrogens is 1. The number of hydrogen-bond donors (Lipinski definition) is 1. The Morgan fingerprint density at radius 2 is 1.70 bits per heavy atom. The Morgan fingerprint density at radius 3 is 2.26 bits per heavy atom. The highest BCUT2D eigenvalue weighted by Crippen LogP contribution is 2.26. The molecule has 2 aromatic rings. The van der Waals surface area contributed by atoms with Gasteiger partial charge >= 0.3 is 0 Å². The van der Waals surface area contributed by atoms with Crippen molar-refractivity contribution in [3.05, 3.63) is 56.3 Å². The third-order valence-corrected chi connectivity index (χ3v) is 5.01. The van der Waals surface area contributed by atoms with Crippen molar-refractivity contribution in [1.82, 2.24) is 4.98 Å². The van der Waals surface area contributed by atoms with Crippen molar-refractivity contribution in [2.24, 2.45) is 0 Å². The second-order valence-electron chi connectivity index (χ2n) is 4.71. The molecule has 0 aliphatic heterocycles. The van der Waals surface area contributed by atoms with Crippen LogP contribution in [0.25, 0.3) is 0 Å². The van der Waals surface area contributed by atoms with E-state index >= 15 is 0 Å². The van der Waals surface area contributed by atoms with Crippen molar-refractivity contribution in [3.63, 3.8) is 0 Å². The lowest BCUT2D eigenvalue weighted by Gasteiger charge is -2.08. The highest BCUT2D eigenvalue weighted by Gasteiger charge is 2.19. The molecule has 1 aromatic heterocycles.